The summed E-state index contributed by atoms with van der Waals surface area (Å²) < 4.78 is 26.1. The zero-order chi connectivity index (χ0) is 19.9. The van der Waals surface area contributed by atoms with Gasteiger partial charge in [0, 0.05) is 12.5 Å². The summed E-state index contributed by atoms with van der Waals surface area (Å²) in [6.45, 7) is 1.19. The SMILES string of the molecule is N#CC(CC1CCCNC1=O)NC(=O)CN[S+]([O-])c1cccc2c1OCCO2. The molecule has 9 nitrogen and oxygen atoms in total. The van der Waals surface area contributed by atoms with Crippen molar-refractivity contribution in [2.24, 2.45) is 5.92 Å². The Labute approximate surface area is 166 Å². The molecule has 3 unspecified atom stereocenters. The van der Waals surface area contributed by atoms with Crippen LogP contribution >= 0.6 is 0 Å². The van der Waals surface area contributed by atoms with Crippen LogP contribution in [0.3, 0.4) is 0 Å². The number of carbonyl (C=O) groups is 2. The molecule has 2 amide bonds. The molecule has 1 fully saturated rings. The Hall–Kier alpha value is -2.48. The van der Waals surface area contributed by atoms with E-state index in [9.17, 15) is 19.4 Å². The lowest BCUT2D eigenvalue weighted by Gasteiger charge is -2.24. The summed E-state index contributed by atoms with van der Waals surface area (Å²) in [6, 6.07) is 6.28. The second-order valence-corrected chi connectivity index (χ2v) is 7.75. The van der Waals surface area contributed by atoms with Gasteiger partial charge in [-0.3, -0.25) is 9.59 Å². The van der Waals surface area contributed by atoms with Crippen molar-refractivity contribution in [3.05, 3.63) is 18.2 Å². The van der Waals surface area contributed by atoms with Crippen LogP contribution in [-0.2, 0) is 21.0 Å². The van der Waals surface area contributed by atoms with Gasteiger partial charge in [-0.1, -0.05) is 6.07 Å². The Morgan fingerprint density at radius 2 is 2.25 bits per heavy atom. The van der Waals surface area contributed by atoms with Gasteiger partial charge in [0.15, 0.2) is 5.75 Å². The number of nitrogens with one attached hydrogen (secondary N) is 3. The van der Waals surface area contributed by atoms with Gasteiger partial charge in [0.05, 0.1) is 17.4 Å². The molecule has 2 aliphatic heterocycles. The molecule has 0 aromatic heterocycles. The van der Waals surface area contributed by atoms with Crippen LogP contribution in [0.5, 0.6) is 11.5 Å². The Bertz CT molecular complexity index is 769. The Morgan fingerprint density at radius 3 is 3.04 bits per heavy atom. The highest BCUT2D eigenvalue weighted by Gasteiger charge is 2.28. The van der Waals surface area contributed by atoms with E-state index < -0.39 is 23.3 Å². The van der Waals surface area contributed by atoms with Crippen molar-refractivity contribution in [1.29, 1.82) is 5.26 Å². The number of piperidine rings is 1. The highest BCUT2D eigenvalue weighted by atomic mass is 32.2. The number of amides is 2. The number of rotatable bonds is 7. The number of carbonyl (C=O) groups excluding carboxylic acids is 2. The molecule has 150 valence electrons. The number of hydrogen-bond acceptors (Lipinski definition) is 7. The van der Waals surface area contributed by atoms with E-state index in [0.717, 1.165) is 6.42 Å². The number of para-hydroxylation sites is 1. The van der Waals surface area contributed by atoms with Crippen molar-refractivity contribution in [3.63, 3.8) is 0 Å². The van der Waals surface area contributed by atoms with E-state index in [0.29, 0.717) is 42.6 Å². The molecule has 0 radical (unpaired) electrons. The molecule has 2 heterocycles. The van der Waals surface area contributed by atoms with E-state index >= 15 is 0 Å². The summed E-state index contributed by atoms with van der Waals surface area (Å²) >= 11 is -1.69. The molecule has 1 aromatic rings. The van der Waals surface area contributed by atoms with E-state index in [1.165, 1.54) is 0 Å². The molecule has 10 heteroatoms. The summed E-state index contributed by atoms with van der Waals surface area (Å²) in [5.41, 5.74) is 0. The Kier molecular flexibility index (Phi) is 6.97. The number of benzene rings is 1. The Balaban J connectivity index is 1.51. The monoisotopic (exact) mass is 406 g/mol. The first kappa shape index (κ1) is 20.3. The minimum atomic E-state index is -1.69. The van der Waals surface area contributed by atoms with Gasteiger partial charge in [-0.25, -0.2) is 0 Å². The third-order valence-electron chi connectivity index (χ3n) is 4.50. The molecular formula is C18H22N4O5S. The molecule has 0 bridgehead atoms. The van der Waals surface area contributed by atoms with Crippen LogP contribution in [0, 0.1) is 17.2 Å². The number of nitriles is 1. The average Bonchev–Trinajstić information content (AvgIpc) is 2.72. The fourth-order valence-corrected chi connectivity index (χ4v) is 4.08. The number of ether oxygens (including phenoxy) is 2. The maximum Gasteiger partial charge on any atom is 0.239 e. The minimum Gasteiger partial charge on any atom is -0.593 e. The van der Waals surface area contributed by atoms with Gasteiger partial charge >= 0.3 is 0 Å². The quantitative estimate of drug-likeness (QED) is 0.542. The predicted octanol–water partition coefficient (Wildman–Crippen LogP) is -0.00532. The maximum atomic E-state index is 12.5. The van der Waals surface area contributed by atoms with Crippen LogP contribution in [0.1, 0.15) is 19.3 Å². The molecule has 1 saturated heterocycles. The highest BCUT2D eigenvalue weighted by Crippen LogP contribution is 2.36. The van der Waals surface area contributed by atoms with Gasteiger partial charge in [0.1, 0.15) is 25.8 Å². The largest absolute Gasteiger partial charge is 0.593 e. The molecule has 0 saturated carbocycles. The van der Waals surface area contributed by atoms with Crippen molar-refractivity contribution >= 4 is 23.2 Å². The summed E-state index contributed by atoms with van der Waals surface area (Å²) in [4.78, 5) is 24.3. The lowest BCUT2D eigenvalue weighted by Crippen LogP contribution is -2.44. The third-order valence-corrected chi connectivity index (χ3v) is 5.63. The fourth-order valence-electron chi connectivity index (χ4n) is 3.14. The molecular weight excluding hydrogens is 384 g/mol. The normalized spacial score (nSPS) is 20.4. The van der Waals surface area contributed by atoms with Gasteiger partial charge in [-0.15, -0.1) is 4.72 Å². The molecule has 2 aliphatic rings. The minimum absolute atomic E-state index is 0.0870. The van der Waals surface area contributed by atoms with Crippen molar-refractivity contribution in [2.45, 2.75) is 30.2 Å². The second kappa shape index (κ2) is 9.64. The van der Waals surface area contributed by atoms with Gasteiger partial charge in [0.25, 0.3) is 0 Å². The van der Waals surface area contributed by atoms with E-state index in [1.807, 2.05) is 6.07 Å². The van der Waals surface area contributed by atoms with E-state index in [-0.39, 0.29) is 24.8 Å². The predicted molar refractivity (Wildman–Crippen MR) is 99.7 cm³/mol. The first-order valence-corrected chi connectivity index (χ1v) is 10.2. The van der Waals surface area contributed by atoms with Crippen molar-refractivity contribution in [1.82, 2.24) is 15.4 Å². The first-order valence-electron chi connectivity index (χ1n) is 9.09. The van der Waals surface area contributed by atoms with Crippen LogP contribution in [-0.4, -0.2) is 48.7 Å². The van der Waals surface area contributed by atoms with Gasteiger partial charge in [-0.05, 0) is 31.4 Å². The highest BCUT2D eigenvalue weighted by molar-refractivity contribution is 7.89. The molecule has 3 rings (SSSR count). The lowest BCUT2D eigenvalue weighted by atomic mass is 9.92. The summed E-state index contributed by atoms with van der Waals surface area (Å²) in [7, 11) is 0. The van der Waals surface area contributed by atoms with E-state index in [4.69, 9.17) is 9.47 Å². The van der Waals surface area contributed by atoms with Crippen LogP contribution in [0.2, 0.25) is 0 Å². The number of hydrogen-bond donors (Lipinski definition) is 3. The maximum absolute atomic E-state index is 12.5. The van der Waals surface area contributed by atoms with Gasteiger partial charge in [0.2, 0.25) is 22.5 Å². The molecule has 1 aromatic carbocycles. The van der Waals surface area contributed by atoms with Crippen LogP contribution < -0.4 is 24.8 Å². The van der Waals surface area contributed by atoms with E-state index in [2.05, 4.69) is 15.4 Å². The third kappa shape index (κ3) is 5.07. The van der Waals surface area contributed by atoms with Crippen LogP contribution in [0.25, 0.3) is 0 Å². The fraction of sp³-hybridized carbons (Fsp3) is 0.500. The second-order valence-electron chi connectivity index (χ2n) is 6.49. The first-order chi connectivity index (χ1) is 13.6. The van der Waals surface area contributed by atoms with Crippen molar-refractivity contribution < 1.29 is 23.6 Å². The van der Waals surface area contributed by atoms with Gasteiger partial charge in [-0.2, -0.15) is 5.26 Å². The smallest absolute Gasteiger partial charge is 0.239 e. The molecule has 28 heavy (non-hydrogen) atoms. The standard InChI is InChI=1S/C18H22N4O5S/c19-10-13(9-12-3-2-6-20-18(12)24)22-16(23)11-21-28(25)15-5-1-4-14-17(15)27-8-7-26-14/h1,4-5,12-13,21H,2-3,6-9,11H2,(H,20,24)(H,22,23). The molecule has 3 N–H and O–H groups in total. The number of nitrogens with zero attached hydrogens (tertiary/aromatic N) is 1. The zero-order valence-electron chi connectivity index (χ0n) is 15.2. The lowest BCUT2D eigenvalue weighted by molar-refractivity contribution is -0.127. The molecule has 3 atom stereocenters. The van der Waals surface area contributed by atoms with Gasteiger partial charge < -0.3 is 24.7 Å². The van der Waals surface area contributed by atoms with Crippen LogP contribution in [0.4, 0.5) is 0 Å². The molecule has 0 aliphatic carbocycles. The summed E-state index contributed by atoms with van der Waals surface area (Å²) in [5, 5.41) is 14.6. The number of fused-ring (bicyclic) bond motifs is 1. The summed E-state index contributed by atoms with van der Waals surface area (Å²) in [6.07, 6.45) is 1.81. The topological polar surface area (TPSA) is 136 Å². The van der Waals surface area contributed by atoms with Crippen molar-refractivity contribution in [2.75, 3.05) is 26.3 Å². The zero-order valence-corrected chi connectivity index (χ0v) is 16.0. The van der Waals surface area contributed by atoms with Crippen LogP contribution in [0.15, 0.2) is 23.1 Å². The Morgan fingerprint density at radius 1 is 1.43 bits per heavy atom. The molecule has 0 spiro atoms. The van der Waals surface area contributed by atoms with E-state index in [1.54, 1.807) is 18.2 Å². The summed E-state index contributed by atoms with van der Waals surface area (Å²) in [5.74, 6) is 0.0692. The van der Waals surface area contributed by atoms with Crippen molar-refractivity contribution in [3.8, 4) is 17.6 Å². The average molecular weight is 406 g/mol.